The maximum Gasteiger partial charge on any atom is 0.338 e. The van der Waals surface area contributed by atoms with Crippen molar-refractivity contribution in [1.82, 2.24) is 5.32 Å². The van der Waals surface area contributed by atoms with E-state index in [1.54, 1.807) is 18.2 Å². The number of hydrogen-bond acceptors (Lipinski definition) is 5. The van der Waals surface area contributed by atoms with Crippen LogP contribution in [0, 0.1) is 23.7 Å². The van der Waals surface area contributed by atoms with Crippen molar-refractivity contribution in [3.8, 4) is 0 Å². The van der Waals surface area contributed by atoms with E-state index in [4.69, 9.17) is 4.74 Å². The number of ether oxygens (including phenoxy) is 1. The highest BCUT2D eigenvalue weighted by molar-refractivity contribution is 6.23. The highest BCUT2D eigenvalue weighted by atomic mass is 16.5. The van der Waals surface area contributed by atoms with Crippen LogP contribution in [0.25, 0.3) is 0 Å². The fourth-order valence-electron chi connectivity index (χ4n) is 6.89. The fourth-order valence-corrected chi connectivity index (χ4v) is 6.89. The zero-order valence-electron chi connectivity index (χ0n) is 21.7. The maximum absolute atomic E-state index is 13.6. The zero-order chi connectivity index (χ0) is 27.1. The molecule has 0 radical (unpaired) electrons. The lowest BCUT2D eigenvalue weighted by Crippen LogP contribution is -2.33. The normalized spacial score (nSPS) is 25.9. The van der Waals surface area contributed by atoms with Gasteiger partial charge in [-0.25, -0.2) is 4.79 Å². The van der Waals surface area contributed by atoms with E-state index in [2.05, 4.69) is 17.4 Å². The first-order valence-corrected chi connectivity index (χ1v) is 13.5. The van der Waals surface area contributed by atoms with Gasteiger partial charge in [-0.15, -0.1) is 0 Å². The topological polar surface area (TPSA) is 92.8 Å². The number of esters is 1. The molecule has 3 aromatic carbocycles. The van der Waals surface area contributed by atoms with Crippen LogP contribution in [0.4, 0.5) is 5.69 Å². The molecule has 6 atom stereocenters. The number of anilines is 1. The van der Waals surface area contributed by atoms with E-state index in [0.29, 0.717) is 5.69 Å². The number of amides is 3. The lowest BCUT2D eigenvalue weighted by Gasteiger charge is -2.28. The van der Waals surface area contributed by atoms with Crippen molar-refractivity contribution in [3.05, 3.63) is 102 Å². The summed E-state index contributed by atoms with van der Waals surface area (Å²) < 4.78 is 5.24. The highest BCUT2D eigenvalue weighted by Crippen LogP contribution is 2.61. The Morgan fingerprint density at radius 1 is 0.897 bits per heavy atom. The molecule has 7 nitrogen and oxygen atoms in total. The van der Waals surface area contributed by atoms with Crippen molar-refractivity contribution in [2.75, 3.05) is 11.5 Å². The summed E-state index contributed by atoms with van der Waals surface area (Å²) in [5, 5.41) is 2.81. The predicted octanol–water partition coefficient (Wildman–Crippen LogP) is 4.65. The van der Waals surface area contributed by atoms with Gasteiger partial charge in [0, 0.05) is 0 Å². The molecule has 2 bridgehead atoms. The van der Waals surface area contributed by atoms with Crippen LogP contribution < -0.4 is 10.2 Å². The Morgan fingerprint density at radius 3 is 2.33 bits per heavy atom. The second kappa shape index (κ2) is 10.1. The van der Waals surface area contributed by atoms with Gasteiger partial charge in [0.25, 0.3) is 5.91 Å². The van der Waals surface area contributed by atoms with E-state index in [-0.39, 0.29) is 53.0 Å². The van der Waals surface area contributed by atoms with Crippen molar-refractivity contribution in [3.63, 3.8) is 0 Å². The number of nitrogens with zero attached hydrogens (tertiary/aromatic N) is 1. The highest BCUT2D eigenvalue weighted by Gasteiger charge is 2.64. The third-order valence-electron chi connectivity index (χ3n) is 8.59. The number of fused-ring (bicyclic) bond motifs is 5. The summed E-state index contributed by atoms with van der Waals surface area (Å²) in [5.41, 5.74) is 2.72. The first-order chi connectivity index (χ1) is 18.9. The molecule has 2 saturated carbocycles. The Labute approximate surface area is 227 Å². The molecule has 0 aromatic heterocycles. The van der Waals surface area contributed by atoms with Crippen LogP contribution in [0.2, 0.25) is 0 Å². The van der Waals surface area contributed by atoms with Crippen LogP contribution >= 0.6 is 0 Å². The molecule has 6 rings (SSSR count). The summed E-state index contributed by atoms with van der Waals surface area (Å²) in [7, 11) is 0. The molecule has 3 fully saturated rings. The molecule has 39 heavy (non-hydrogen) atoms. The molecule has 1 N–H and O–H groups in total. The van der Waals surface area contributed by atoms with Crippen LogP contribution in [0.5, 0.6) is 0 Å². The van der Waals surface area contributed by atoms with Crippen molar-refractivity contribution in [2.24, 2.45) is 23.7 Å². The largest absolute Gasteiger partial charge is 0.452 e. The van der Waals surface area contributed by atoms with Gasteiger partial charge < -0.3 is 10.1 Å². The van der Waals surface area contributed by atoms with Crippen LogP contribution in [0.3, 0.4) is 0 Å². The number of carbonyl (C=O) groups excluding carboxylic acids is 4. The molecule has 1 saturated heterocycles. The van der Waals surface area contributed by atoms with E-state index >= 15 is 0 Å². The monoisotopic (exact) mass is 522 g/mol. The first-order valence-electron chi connectivity index (χ1n) is 13.5. The summed E-state index contributed by atoms with van der Waals surface area (Å²) in [6, 6.07) is 25.8. The quantitative estimate of drug-likeness (QED) is 0.360. The van der Waals surface area contributed by atoms with E-state index < -0.39 is 18.5 Å². The van der Waals surface area contributed by atoms with Gasteiger partial charge in [0.15, 0.2) is 6.61 Å². The van der Waals surface area contributed by atoms with Gasteiger partial charge in [0.2, 0.25) is 11.8 Å². The van der Waals surface area contributed by atoms with Crippen LogP contribution in [0.15, 0.2) is 84.9 Å². The van der Waals surface area contributed by atoms with Gasteiger partial charge in [0.05, 0.1) is 29.1 Å². The van der Waals surface area contributed by atoms with Gasteiger partial charge in [-0.1, -0.05) is 66.7 Å². The number of hydrogen-bond donors (Lipinski definition) is 1. The molecular formula is C32H30N2O5. The van der Waals surface area contributed by atoms with Crippen LogP contribution in [-0.4, -0.2) is 30.3 Å². The lowest BCUT2D eigenvalue weighted by molar-refractivity contribution is -0.125. The summed E-state index contributed by atoms with van der Waals surface area (Å²) in [6.45, 7) is 1.42. The molecule has 2 aliphatic carbocycles. The standard InChI is InChI=1S/C32H30N2O5/c1-19(20-9-4-2-5-10-20)33-27(35)18-39-32(38)22-13-8-14-24(15-22)34-30(36)28-23-16-25(21-11-6-3-7-12-21)26(17-23)29(28)31(34)37/h2-15,19,23,25-26,28-29H,16-18H2,1H3,(H,33,35)/t19-,23-,25-,26+,28+,29-/m0/s1. The van der Waals surface area contributed by atoms with Gasteiger partial charge in [-0.3, -0.25) is 19.3 Å². The number of nitrogens with one attached hydrogen (secondary N) is 1. The Kier molecular flexibility index (Phi) is 6.51. The molecule has 0 unspecified atom stereocenters. The Balaban J connectivity index is 1.12. The van der Waals surface area contributed by atoms with Crippen LogP contribution in [-0.2, 0) is 19.1 Å². The summed E-state index contributed by atoms with van der Waals surface area (Å²) in [5.74, 6) is -1.47. The molecule has 1 aliphatic heterocycles. The lowest BCUT2D eigenvalue weighted by atomic mass is 9.73. The van der Waals surface area contributed by atoms with Gasteiger partial charge in [-0.05, 0) is 66.8 Å². The van der Waals surface area contributed by atoms with Gasteiger partial charge in [-0.2, -0.15) is 0 Å². The summed E-state index contributed by atoms with van der Waals surface area (Å²) in [4.78, 5) is 53.5. The Morgan fingerprint density at radius 2 is 1.59 bits per heavy atom. The minimum atomic E-state index is -0.692. The van der Waals surface area contributed by atoms with E-state index in [1.807, 2.05) is 55.5 Å². The predicted molar refractivity (Wildman–Crippen MR) is 145 cm³/mol. The van der Waals surface area contributed by atoms with Crippen molar-refractivity contribution < 1.29 is 23.9 Å². The molecule has 3 aromatic rings. The van der Waals surface area contributed by atoms with Crippen molar-refractivity contribution in [2.45, 2.75) is 31.7 Å². The molecule has 0 spiro atoms. The zero-order valence-corrected chi connectivity index (χ0v) is 21.7. The third kappa shape index (κ3) is 4.52. The molecule has 7 heteroatoms. The molecular weight excluding hydrogens is 492 g/mol. The smallest absolute Gasteiger partial charge is 0.338 e. The minimum absolute atomic E-state index is 0.147. The van der Waals surface area contributed by atoms with E-state index in [0.717, 1.165) is 18.4 Å². The average molecular weight is 523 g/mol. The second-order valence-corrected chi connectivity index (χ2v) is 10.8. The van der Waals surface area contributed by atoms with Gasteiger partial charge >= 0.3 is 5.97 Å². The summed E-state index contributed by atoms with van der Waals surface area (Å²) in [6.07, 6.45) is 1.82. The fraction of sp³-hybridized carbons (Fsp3) is 0.312. The molecule has 1 heterocycles. The third-order valence-corrected chi connectivity index (χ3v) is 8.59. The second-order valence-electron chi connectivity index (χ2n) is 10.8. The number of benzene rings is 3. The molecule has 3 aliphatic rings. The van der Waals surface area contributed by atoms with Crippen molar-refractivity contribution in [1.29, 1.82) is 0 Å². The van der Waals surface area contributed by atoms with E-state index in [1.165, 1.54) is 16.5 Å². The average Bonchev–Trinajstić information content (AvgIpc) is 3.63. The molecule has 3 amide bonds. The molecule has 198 valence electrons. The van der Waals surface area contributed by atoms with E-state index in [9.17, 15) is 19.2 Å². The number of imide groups is 1. The SMILES string of the molecule is C[C@H](NC(=O)COC(=O)c1cccc(N2C(=O)[C@@H]3[C@@H]4C[C@@H]([C@@H]3C2=O)[C@H](c2ccccc2)C4)c1)c1ccccc1. The van der Waals surface area contributed by atoms with Crippen molar-refractivity contribution >= 4 is 29.4 Å². The van der Waals surface area contributed by atoms with Crippen LogP contribution in [0.1, 0.15) is 53.2 Å². The number of carbonyl (C=O) groups is 4. The van der Waals surface area contributed by atoms with Gasteiger partial charge in [0.1, 0.15) is 0 Å². The Bertz CT molecular complexity index is 1420. The first kappa shape index (κ1) is 25.0. The summed E-state index contributed by atoms with van der Waals surface area (Å²) >= 11 is 0. The maximum atomic E-state index is 13.6. The minimum Gasteiger partial charge on any atom is -0.452 e. The number of rotatable bonds is 7. The Hall–Kier alpha value is -4.26.